The highest BCUT2D eigenvalue weighted by Crippen LogP contribution is 2.39. The zero-order chi connectivity index (χ0) is 16.0. The van der Waals surface area contributed by atoms with Crippen LogP contribution in [0.25, 0.3) is 0 Å². The molecule has 1 saturated heterocycles. The summed E-state index contributed by atoms with van der Waals surface area (Å²) in [5.74, 6) is 2.22. The largest absolute Gasteiger partial charge is 0.338 e. The minimum atomic E-state index is 0.180. The fraction of sp³-hybridized carbons (Fsp3) is 0.706. The minimum absolute atomic E-state index is 0.180. The topological polar surface area (TPSA) is 60.0 Å². The maximum atomic E-state index is 5.54. The van der Waals surface area contributed by atoms with Crippen LogP contribution in [0.1, 0.15) is 67.7 Å². The number of aryl methyl sites for hydroxylation is 2. The quantitative estimate of drug-likeness (QED) is 0.849. The molecule has 6 heteroatoms. The summed E-state index contributed by atoms with van der Waals surface area (Å²) in [6.07, 6.45) is 4.83. The summed E-state index contributed by atoms with van der Waals surface area (Å²) in [7, 11) is 0. The van der Waals surface area contributed by atoms with Gasteiger partial charge in [-0.25, -0.2) is 0 Å². The molecule has 0 bridgehead atoms. The summed E-state index contributed by atoms with van der Waals surface area (Å²) in [6, 6.07) is 2.81. The molecule has 1 saturated carbocycles. The van der Waals surface area contributed by atoms with Crippen LogP contribution in [-0.4, -0.2) is 37.4 Å². The van der Waals surface area contributed by atoms with Gasteiger partial charge >= 0.3 is 0 Å². The smallest absolute Gasteiger partial charge is 0.243 e. The fourth-order valence-electron chi connectivity index (χ4n) is 3.69. The van der Waals surface area contributed by atoms with E-state index < -0.39 is 0 Å². The Hall–Kier alpha value is -1.69. The number of aromatic nitrogens is 4. The molecule has 0 radical (unpaired) electrons. The van der Waals surface area contributed by atoms with Crippen LogP contribution in [0.15, 0.2) is 10.6 Å². The molecule has 2 aromatic heterocycles. The highest BCUT2D eigenvalue weighted by Gasteiger charge is 2.34. The third-order valence-corrected chi connectivity index (χ3v) is 5.16. The van der Waals surface area contributed by atoms with Gasteiger partial charge in [0, 0.05) is 17.7 Å². The predicted octanol–water partition coefficient (Wildman–Crippen LogP) is 2.99. The van der Waals surface area contributed by atoms with E-state index in [1.807, 2.05) is 0 Å². The van der Waals surface area contributed by atoms with Crippen LogP contribution >= 0.6 is 0 Å². The van der Waals surface area contributed by atoms with Crippen molar-refractivity contribution in [3.05, 3.63) is 29.2 Å². The zero-order valence-electron chi connectivity index (χ0n) is 14.2. The van der Waals surface area contributed by atoms with Gasteiger partial charge in [0.1, 0.15) is 0 Å². The first-order valence-electron chi connectivity index (χ1n) is 8.72. The maximum Gasteiger partial charge on any atom is 0.243 e. The monoisotopic (exact) mass is 315 g/mol. The van der Waals surface area contributed by atoms with Crippen molar-refractivity contribution < 1.29 is 4.52 Å². The summed E-state index contributed by atoms with van der Waals surface area (Å²) < 4.78 is 7.67. The molecule has 2 atom stereocenters. The van der Waals surface area contributed by atoms with Crippen LogP contribution in [0.3, 0.4) is 0 Å². The molecule has 2 aliphatic rings. The standard InChI is InChI=1S/C17H25N5O/c1-11-9-12(2)22(19-11)10-15-5-4-8-21(15)13(3)17-18-16(20-23-17)14-6-7-14/h9,13-15H,4-8,10H2,1-3H3. The molecule has 23 heavy (non-hydrogen) atoms. The van der Waals surface area contributed by atoms with Crippen molar-refractivity contribution in [2.24, 2.45) is 0 Å². The van der Waals surface area contributed by atoms with Gasteiger partial charge in [-0.3, -0.25) is 9.58 Å². The molecule has 2 unspecified atom stereocenters. The van der Waals surface area contributed by atoms with E-state index in [0.717, 1.165) is 30.5 Å². The molecule has 0 spiro atoms. The van der Waals surface area contributed by atoms with Gasteiger partial charge in [0.25, 0.3) is 0 Å². The van der Waals surface area contributed by atoms with Crippen molar-refractivity contribution in [2.75, 3.05) is 6.54 Å². The van der Waals surface area contributed by atoms with E-state index in [2.05, 4.69) is 51.7 Å². The van der Waals surface area contributed by atoms with Gasteiger partial charge in [-0.2, -0.15) is 10.1 Å². The van der Waals surface area contributed by atoms with Crippen LogP contribution in [0, 0.1) is 13.8 Å². The molecule has 6 nitrogen and oxygen atoms in total. The molecule has 0 amide bonds. The zero-order valence-corrected chi connectivity index (χ0v) is 14.2. The molecule has 0 N–H and O–H groups in total. The summed E-state index contributed by atoms with van der Waals surface area (Å²) in [4.78, 5) is 7.14. The first kappa shape index (κ1) is 14.9. The van der Waals surface area contributed by atoms with E-state index in [0.29, 0.717) is 12.0 Å². The lowest BCUT2D eigenvalue weighted by Crippen LogP contribution is -2.35. The lowest BCUT2D eigenvalue weighted by Gasteiger charge is -2.28. The van der Waals surface area contributed by atoms with Crippen LogP contribution in [-0.2, 0) is 6.54 Å². The molecule has 124 valence electrons. The first-order chi connectivity index (χ1) is 11.1. The second-order valence-electron chi connectivity index (χ2n) is 7.08. The number of rotatable bonds is 5. The molecule has 2 fully saturated rings. The van der Waals surface area contributed by atoms with Gasteiger partial charge in [0.2, 0.25) is 5.89 Å². The summed E-state index contributed by atoms with van der Waals surface area (Å²) in [5.41, 5.74) is 2.32. The third kappa shape index (κ3) is 2.92. The number of hydrogen-bond donors (Lipinski definition) is 0. The summed E-state index contributed by atoms with van der Waals surface area (Å²) in [6.45, 7) is 8.39. The Morgan fingerprint density at radius 2 is 2.13 bits per heavy atom. The minimum Gasteiger partial charge on any atom is -0.338 e. The Morgan fingerprint density at radius 3 is 2.83 bits per heavy atom. The average Bonchev–Trinajstić information content (AvgIpc) is 2.95. The van der Waals surface area contributed by atoms with Crippen molar-refractivity contribution >= 4 is 0 Å². The molecule has 0 aromatic carbocycles. The van der Waals surface area contributed by atoms with E-state index >= 15 is 0 Å². The lowest BCUT2D eigenvalue weighted by molar-refractivity contribution is 0.144. The van der Waals surface area contributed by atoms with Crippen molar-refractivity contribution in [3.8, 4) is 0 Å². The van der Waals surface area contributed by atoms with E-state index in [9.17, 15) is 0 Å². The fourth-order valence-corrected chi connectivity index (χ4v) is 3.69. The van der Waals surface area contributed by atoms with Gasteiger partial charge in [-0.1, -0.05) is 5.16 Å². The molecule has 1 aliphatic heterocycles. The normalized spacial score (nSPS) is 23.5. The molecular formula is C17H25N5O. The Balaban J connectivity index is 1.48. The van der Waals surface area contributed by atoms with Crippen molar-refractivity contribution in [1.29, 1.82) is 0 Å². The molecular weight excluding hydrogens is 290 g/mol. The third-order valence-electron chi connectivity index (χ3n) is 5.16. The predicted molar refractivity (Wildman–Crippen MR) is 86.1 cm³/mol. The van der Waals surface area contributed by atoms with Gasteiger partial charge in [-0.05, 0) is 59.1 Å². The van der Waals surface area contributed by atoms with Crippen LogP contribution in [0.2, 0.25) is 0 Å². The lowest BCUT2D eigenvalue weighted by atomic mass is 10.2. The van der Waals surface area contributed by atoms with Crippen molar-refractivity contribution in [1.82, 2.24) is 24.8 Å². The Kier molecular flexibility index (Phi) is 3.71. The Morgan fingerprint density at radius 1 is 1.30 bits per heavy atom. The second-order valence-corrected chi connectivity index (χ2v) is 7.08. The van der Waals surface area contributed by atoms with Gasteiger partial charge in [-0.15, -0.1) is 0 Å². The first-order valence-corrected chi connectivity index (χ1v) is 8.72. The van der Waals surface area contributed by atoms with Crippen LogP contribution in [0.4, 0.5) is 0 Å². The summed E-state index contributed by atoms with van der Waals surface area (Å²) >= 11 is 0. The van der Waals surface area contributed by atoms with Crippen LogP contribution in [0.5, 0.6) is 0 Å². The second kappa shape index (κ2) is 5.74. The summed E-state index contributed by atoms with van der Waals surface area (Å²) in [5, 5.41) is 8.78. The molecule has 3 heterocycles. The van der Waals surface area contributed by atoms with Gasteiger partial charge in [0.05, 0.1) is 18.3 Å². The highest BCUT2D eigenvalue weighted by atomic mass is 16.5. The molecule has 4 rings (SSSR count). The van der Waals surface area contributed by atoms with E-state index in [-0.39, 0.29) is 6.04 Å². The Bertz CT molecular complexity index is 687. The van der Waals surface area contributed by atoms with Crippen LogP contribution < -0.4 is 0 Å². The molecule has 2 aromatic rings. The van der Waals surface area contributed by atoms with Crippen molar-refractivity contribution in [2.45, 2.75) is 71.0 Å². The molecule has 1 aliphatic carbocycles. The van der Waals surface area contributed by atoms with Gasteiger partial charge < -0.3 is 4.52 Å². The SMILES string of the molecule is Cc1cc(C)n(CC2CCCN2C(C)c2nc(C3CC3)no2)n1. The van der Waals surface area contributed by atoms with E-state index in [4.69, 9.17) is 4.52 Å². The van der Waals surface area contributed by atoms with Gasteiger partial charge in [0.15, 0.2) is 5.82 Å². The van der Waals surface area contributed by atoms with E-state index in [1.165, 1.54) is 31.4 Å². The number of nitrogens with zero attached hydrogens (tertiary/aromatic N) is 5. The number of likely N-dealkylation sites (tertiary alicyclic amines) is 1. The van der Waals surface area contributed by atoms with E-state index in [1.54, 1.807) is 0 Å². The Labute approximate surface area is 136 Å². The average molecular weight is 315 g/mol. The van der Waals surface area contributed by atoms with Crippen molar-refractivity contribution in [3.63, 3.8) is 0 Å². The maximum absolute atomic E-state index is 5.54. The highest BCUT2D eigenvalue weighted by molar-refractivity contribution is 5.08. The number of hydrogen-bond acceptors (Lipinski definition) is 5.